The van der Waals surface area contributed by atoms with E-state index >= 15 is 0 Å². The van der Waals surface area contributed by atoms with Crippen LogP contribution in [0.4, 0.5) is 0 Å². The highest BCUT2D eigenvalue weighted by molar-refractivity contribution is 5.80. The van der Waals surface area contributed by atoms with E-state index in [9.17, 15) is 0 Å². The van der Waals surface area contributed by atoms with Gasteiger partial charge >= 0.3 is 0 Å². The second kappa shape index (κ2) is 9.95. The smallest absolute Gasteiger partial charge is 0.193 e. The number of rotatable bonds is 5. The van der Waals surface area contributed by atoms with Gasteiger partial charge in [-0.05, 0) is 33.2 Å². The van der Waals surface area contributed by atoms with Gasteiger partial charge in [0.25, 0.3) is 0 Å². The summed E-state index contributed by atoms with van der Waals surface area (Å²) in [6, 6.07) is 10.7. The molecule has 6 nitrogen and oxygen atoms in total. The lowest BCUT2D eigenvalue weighted by Crippen LogP contribution is -2.52. The lowest BCUT2D eigenvalue weighted by Gasteiger charge is -2.38. The topological polar surface area (TPSA) is 43.3 Å². The molecule has 1 atom stereocenters. The van der Waals surface area contributed by atoms with E-state index in [4.69, 9.17) is 9.73 Å². The fraction of sp³-hybridized carbons (Fsp3) is 0.667. The summed E-state index contributed by atoms with van der Waals surface area (Å²) in [4.78, 5) is 12.2. The van der Waals surface area contributed by atoms with Crippen LogP contribution < -0.4 is 10.1 Å². The number of piperidine rings is 1. The number of aliphatic imine (C=N–C) groups is 1. The van der Waals surface area contributed by atoms with Gasteiger partial charge in [0.05, 0.1) is 6.54 Å². The molecule has 0 radical (unpaired) electrons. The second-order valence-electron chi connectivity index (χ2n) is 7.71. The van der Waals surface area contributed by atoms with E-state index < -0.39 is 0 Å². The molecule has 2 aliphatic rings. The monoisotopic (exact) mass is 373 g/mol. The second-order valence-corrected chi connectivity index (χ2v) is 7.71. The summed E-state index contributed by atoms with van der Waals surface area (Å²) in [5.74, 6) is 2.03. The van der Waals surface area contributed by atoms with Crippen LogP contribution in [-0.4, -0.2) is 92.7 Å². The van der Waals surface area contributed by atoms with E-state index in [0.717, 1.165) is 70.4 Å². The van der Waals surface area contributed by atoms with E-state index in [-0.39, 0.29) is 0 Å². The Kier molecular flexibility index (Phi) is 7.35. The third-order valence-electron chi connectivity index (χ3n) is 5.55. The van der Waals surface area contributed by atoms with Gasteiger partial charge in [-0.1, -0.05) is 18.2 Å². The van der Waals surface area contributed by atoms with Crippen molar-refractivity contribution < 1.29 is 4.74 Å². The van der Waals surface area contributed by atoms with Gasteiger partial charge in [0, 0.05) is 58.2 Å². The zero-order chi connectivity index (χ0) is 19.1. The molecule has 3 rings (SSSR count). The first-order chi connectivity index (χ1) is 13.2. The zero-order valence-electron chi connectivity index (χ0n) is 17.1. The lowest BCUT2D eigenvalue weighted by atomic mass is 10.1. The molecule has 6 heteroatoms. The lowest BCUT2D eigenvalue weighted by molar-refractivity contribution is 0.118. The molecule has 0 amide bonds. The Morgan fingerprint density at radius 2 is 1.85 bits per heavy atom. The number of benzene rings is 1. The molecule has 2 heterocycles. The molecule has 150 valence electrons. The van der Waals surface area contributed by atoms with Crippen molar-refractivity contribution in [2.24, 2.45) is 4.99 Å². The normalized spacial score (nSPS) is 23.4. The predicted molar refractivity (Wildman–Crippen MR) is 112 cm³/mol. The summed E-state index contributed by atoms with van der Waals surface area (Å²) < 4.78 is 6.13. The number of likely N-dealkylation sites (tertiary alicyclic amines) is 1. The van der Waals surface area contributed by atoms with Crippen molar-refractivity contribution in [1.29, 1.82) is 0 Å². The number of guanidine groups is 1. The molecule has 0 spiro atoms. The molecule has 2 saturated heterocycles. The SMILES string of the molecule is CCNC(=NCC1CN(C)CCN1C)N1CCC(Oc2ccccc2)CC1. The van der Waals surface area contributed by atoms with Crippen LogP contribution >= 0.6 is 0 Å². The van der Waals surface area contributed by atoms with Gasteiger partial charge in [-0.2, -0.15) is 0 Å². The van der Waals surface area contributed by atoms with Gasteiger partial charge in [0.15, 0.2) is 5.96 Å². The minimum Gasteiger partial charge on any atom is -0.490 e. The van der Waals surface area contributed by atoms with E-state index in [1.807, 2.05) is 30.3 Å². The third-order valence-corrected chi connectivity index (χ3v) is 5.55. The molecule has 1 unspecified atom stereocenters. The molecule has 0 aromatic heterocycles. The molecule has 1 aromatic carbocycles. The third kappa shape index (κ3) is 5.84. The standard InChI is InChI=1S/C21H35N5O/c1-4-22-21(23-16-18-17-24(2)14-15-25(18)3)26-12-10-20(11-13-26)27-19-8-6-5-7-9-19/h5-9,18,20H,4,10-17H2,1-3H3,(H,22,23). The van der Waals surface area contributed by atoms with Gasteiger partial charge in [0.2, 0.25) is 0 Å². The Hall–Kier alpha value is -1.79. The van der Waals surface area contributed by atoms with Crippen LogP contribution in [0.5, 0.6) is 5.75 Å². The molecular weight excluding hydrogens is 338 g/mol. The van der Waals surface area contributed by atoms with Crippen molar-refractivity contribution in [1.82, 2.24) is 20.0 Å². The van der Waals surface area contributed by atoms with Crippen molar-refractivity contribution >= 4 is 5.96 Å². The predicted octanol–water partition coefficient (Wildman–Crippen LogP) is 1.74. The largest absolute Gasteiger partial charge is 0.490 e. The molecule has 27 heavy (non-hydrogen) atoms. The summed E-state index contributed by atoms with van der Waals surface area (Å²) in [5, 5.41) is 3.49. The van der Waals surface area contributed by atoms with Crippen molar-refractivity contribution in [3.63, 3.8) is 0 Å². The van der Waals surface area contributed by atoms with Gasteiger partial charge in [-0.15, -0.1) is 0 Å². The number of hydrogen-bond donors (Lipinski definition) is 1. The maximum Gasteiger partial charge on any atom is 0.193 e. The van der Waals surface area contributed by atoms with E-state index in [2.05, 4.69) is 41.0 Å². The van der Waals surface area contributed by atoms with Crippen molar-refractivity contribution in [3.05, 3.63) is 30.3 Å². The Balaban J connectivity index is 1.53. The van der Waals surface area contributed by atoms with Crippen LogP contribution in [0.15, 0.2) is 35.3 Å². The average molecular weight is 374 g/mol. The maximum atomic E-state index is 6.13. The summed E-state index contributed by atoms with van der Waals surface area (Å²) in [7, 11) is 4.42. The van der Waals surface area contributed by atoms with Crippen molar-refractivity contribution in [3.8, 4) is 5.75 Å². The van der Waals surface area contributed by atoms with Gasteiger partial charge in [0.1, 0.15) is 11.9 Å². The number of hydrogen-bond acceptors (Lipinski definition) is 4. The number of piperazine rings is 1. The molecule has 0 bridgehead atoms. The van der Waals surface area contributed by atoms with Crippen LogP contribution in [0.1, 0.15) is 19.8 Å². The highest BCUT2D eigenvalue weighted by Crippen LogP contribution is 2.19. The highest BCUT2D eigenvalue weighted by atomic mass is 16.5. The summed E-state index contributed by atoms with van der Waals surface area (Å²) in [5.41, 5.74) is 0. The Bertz CT molecular complexity index is 585. The van der Waals surface area contributed by atoms with E-state index in [1.165, 1.54) is 0 Å². The van der Waals surface area contributed by atoms with Crippen LogP contribution in [0, 0.1) is 0 Å². The zero-order valence-corrected chi connectivity index (χ0v) is 17.1. The van der Waals surface area contributed by atoms with Crippen LogP contribution in [0.25, 0.3) is 0 Å². The minimum atomic E-state index is 0.296. The fourth-order valence-corrected chi connectivity index (χ4v) is 3.79. The minimum absolute atomic E-state index is 0.296. The first kappa shape index (κ1) is 20.0. The van der Waals surface area contributed by atoms with Crippen LogP contribution in [0.3, 0.4) is 0 Å². The summed E-state index contributed by atoms with van der Waals surface area (Å²) >= 11 is 0. The maximum absolute atomic E-state index is 6.13. The Morgan fingerprint density at radius 1 is 1.11 bits per heavy atom. The first-order valence-electron chi connectivity index (χ1n) is 10.3. The number of nitrogens with zero attached hydrogens (tertiary/aromatic N) is 4. The van der Waals surface area contributed by atoms with Crippen LogP contribution in [0.2, 0.25) is 0 Å². The molecule has 1 aromatic rings. The summed E-state index contributed by atoms with van der Waals surface area (Å²) in [6.45, 7) is 9.23. The highest BCUT2D eigenvalue weighted by Gasteiger charge is 2.25. The van der Waals surface area contributed by atoms with E-state index in [0.29, 0.717) is 12.1 Å². The Labute approximate surface area is 164 Å². The number of likely N-dealkylation sites (N-methyl/N-ethyl adjacent to an activating group) is 2. The van der Waals surface area contributed by atoms with Crippen molar-refractivity contribution in [2.75, 3.05) is 59.9 Å². The fourth-order valence-electron chi connectivity index (χ4n) is 3.79. The van der Waals surface area contributed by atoms with E-state index in [1.54, 1.807) is 0 Å². The molecule has 0 aliphatic carbocycles. The van der Waals surface area contributed by atoms with Gasteiger partial charge in [-0.3, -0.25) is 9.89 Å². The van der Waals surface area contributed by atoms with Gasteiger partial charge < -0.3 is 19.9 Å². The number of para-hydroxylation sites is 1. The molecule has 2 fully saturated rings. The molecular formula is C21H35N5O. The number of ether oxygens (including phenoxy) is 1. The average Bonchev–Trinajstić information content (AvgIpc) is 2.69. The van der Waals surface area contributed by atoms with Crippen molar-refractivity contribution in [2.45, 2.75) is 31.9 Å². The Morgan fingerprint density at radius 3 is 2.56 bits per heavy atom. The summed E-state index contributed by atoms with van der Waals surface area (Å²) in [6.07, 6.45) is 2.36. The number of nitrogens with one attached hydrogen (secondary N) is 1. The molecule has 1 N–H and O–H groups in total. The van der Waals surface area contributed by atoms with Crippen LogP contribution in [-0.2, 0) is 0 Å². The first-order valence-corrected chi connectivity index (χ1v) is 10.3. The van der Waals surface area contributed by atoms with Gasteiger partial charge in [-0.25, -0.2) is 0 Å². The molecule has 2 aliphatic heterocycles. The molecule has 0 saturated carbocycles. The quantitative estimate of drug-likeness (QED) is 0.629.